The van der Waals surface area contributed by atoms with Crippen LogP contribution >= 0.6 is 0 Å². The molecule has 0 unspecified atom stereocenters. The van der Waals surface area contributed by atoms with E-state index in [0.29, 0.717) is 0 Å². The van der Waals surface area contributed by atoms with Gasteiger partial charge >= 0.3 is 18.0 Å². The molecule has 9 N–H and O–H groups in total. The Morgan fingerprint density at radius 2 is 1.56 bits per heavy atom. The quantitative estimate of drug-likeness (QED) is 0.201. The first-order chi connectivity index (χ1) is 8.18. The van der Waals surface area contributed by atoms with Crippen molar-refractivity contribution in [1.29, 1.82) is 0 Å². The van der Waals surface area contributed by atoms with E-state index < -0.39 is 36.4 Å². The third-order valence-corrected chi connectivity index (χ3v) is 2.01. The monoisotopic (exact) mass is 262 g/mol. The molecule has 0 aromatic rings. The average molecular weight is 262 g/mol. The van der Waals surface area contributed by atoms with E-state index in [4.69, 9.17) is 28.3 Å². The Hall–Kier alpha value is -2.40. The maximum Gasteiger partial charge on any atom is 0.336 e. The van der Waals surface area contributed by atoms with Crippen LogP contribution in [0.25, 0.3) is 0 Å². The van der Waals surface area contributed by atoms with E-state index in [-0.39, 0.29) is 16.4 Å². The number of carbonyl (C=O) groups excluding carboxylic acids is 3. The van der Waals surface area contributed by atoms with Crippen LogP contribution < -0.4 is 23.2 Å². The minimum atomic E-state index is -1.51. The number of hydrogen-bond acceptors (Lipinski definition) is 6. The van der Waals surface area contributed by atoms with E-state index in [1.165, 1.54) is 0 Å². The highest BCUT2D eigenvalue weighted by molar-refractivity contribution is 5.93. The highest BCUT2D eigenvalue weighted by atomic mass is 16.4. The van der Waals surface area contributed by atoms with Gasteiger partial charge in [0, 0.05) is 6.42 Å². The zero-order chi connectivity index (χ0) is 14.5. The zero-order valence-corrected chi connectivity index (χ0v) is 9.28. The second-order valence-corrected chi connectivity index (χ2v) is 3.24. The van der Waals surface area contributed by atoms with Gasteiger partial charge in [0.15, 0.2) is 0 Å². The van der Waals surface area contributed by atoms with Crippen molar-refractivity contribution in [2.45, 2.75) is 18.9 Å². The van der Waals surface area contributed by atoms with Gasteiger partial charge in [-0.15, -0.1) is 0 Å². The summed E-state index contributed by atoms with van der Waals surface area (Å²) in [5.41, 5.74) is 9.52. The van der Waals surface area contributed by atoms with Gasteiger partial charge in [0.05, 0.1) is 0 Å². The lowest BCUT2D eigenvalue weighted by molar-refractivity contribution is -0.142. The fraction of sp³-hybridized carbons (Fsp3) is 0.429. The second-order valence-electron chi connectivity index (χ2n) is 3.24. The Balaban J connectivity index is 4.55. The Kier molecular flexibility index (Phi) is 5.52. The van der Waals surface area contributed by atoms with Crippen LogP contribution in [0.15, 0.2) is 0 Å². The highest BCUT2D eigenvalue weighted by Crippen LogP contribution is 2.05. The van der Waals surface area contributed by atoms with Crippen molar-refractivity contribution in [2.75, 3.05) is 0 Å². The maximum absolute atomic E-state index is 11.2. The molecule has 1 atom stereocenters. The number of hydrogen-bond donors (Lipinski definition) is 5. The summed E-state index contributed by atoms with van der Waals surface area (Å²) in [7, 11) is 0. The first kappa shape index (κ1) is 15.6. The van der Waals surface area contributed by atoms with Gasteiger partial charge in [-0.05, 0) is 6.42 Å². The number of primary amides is 2. The Morgan fingerprint density at radius 1 is 1.06 bits per heavy atom. The summed E-state index contributed by atoms with van der Waals surface area (Å²) >= 11 is 0. The topological polar surface area (TPSA) is 199 Å². The number of hydrazine groups is 2. The van der Waals surface area contributed by atoms with Gasteiger partial charge in [0.1, 0.15) is 6.04 Å². The Morgan fingerprint density at radius 3 is 1.89 bits per heavy atom. The molecule has 5 amide bonds. The molecule has 0 saturated heterocycles. The molecule has 11 nitrogen and oxygen atoms in total. The number of urea groups is 2. The number of rotatable bonds is 5. The summed E-state index contributed by atoms with van der Waals surface area (Å²) in [6.07, 6.45) is -0.814. The number of nitrogens with zero attached hydrogens (tertiary/aromatic N) is 2. The molecule has 0 aromatic carbocycles. The van der Waals surface area contributed by atoms with E-state index in [9.17, 15) is 19.2 Å². The molecule has 0 aromatic heterocycles. The van der Waals surface area contributed by atoms with Crippen molar-refractivity contribution in [2.24, 2.45) is 23.2 Å². The van der Waals surface area contributed by atoms with Gasteiger partial charge in [0.2, 0.25) is 5.91 Å². The van der Waals surface area contributed by atoms with E-state index >= 15 is 0 Å². The molecule has 18 heavy (non-hydrogen) atoms. The van der Waals surface area contributed by atoms with Crippen LogP contribution in [0, 0.1) is 0 Å². The van der Waals surface area contributed by atoms with Gasteiger partial charge in [-0.25, -0.2) is 31.1 Å². The largest absolute Gasteiger partial charge is 0.480 e. The van der Waals surface area contributed by atoms with E-state index in [1.54, 1.807) is 0 Å². The molecule has 0 saturated carbocycles. The van der Waals surface area contributed by atoms with E-state index in [0.717, 1.165) is 0 Å². The molecule has 0 rings (SSSR count). The predicted molar refractivity (Wildman–Crippen MR) is 56.9 cm³/mol. The van der Waals surface area contributed by atoms with Gasteiger partial charge in [-0.2, -0.15) is 5.01 Å². The van der Waals surface area contributed by atoms with Crippen molar-refractivity contribution < 1.29 is 24.3 Å². The summed E-state index contributed by atoms with van der Waals surface area (Å²) in [6, 6.07) is -3.87. The van der Waals surface area contributed by atoms with Crippen molar-refractivity contribution in [3.05, 3.63) is 0 Å². The van der Waals surface area contributed by atoms with Gasteiger partial charge in [-0.3, -0.25) is 4.79 Å². The molecule has 0 bridgehead atoms. The summed E-state index contributed by atoms with van der Waals surface area (Å²) in [5, 5.41) is 9.17. The molecular weight excluding hydrogens is 248 g/mol. The molecule has 11 heteroatoms. The lowest BCUT2D eigenvalue weighted by Gasteiger charge is -2.22. The average Bonchev–Trinajstić information content (AvgIpc) is 2.26. The molecule has 0 fully saturated rings. The number of carboxylic acids is 1. The van der Waals surface area contributed by atoms with Gasteiger partial charge in [-0.1, -0.05) is 0 Å². The van der Waals surface area contributed by atoms with Gasteiger partial charge < -0.3 is 16.6 Å². The molecule has 0 heterocycles. The van der Waals surface area contributed by atoms with E-state index in [1.807, 2.05) is 0 Å². The maximum atomic E-state index is 11.2. The molecule has 0 aliphatic carbocycles. The summed E-state index contributed by atoms with van der Waals surface area (Å²) in [5.74, 6) is 7.73. The minimum Gasteiger partial charge on any atom is -0.480 e. The van der Waals surface area contributed by atoms with Gasteiger partial charge in [0.25, 0.3) is 0 Å². The summed E-state index contributed by atoms with van der Waals surface area (Å²) in [6.45, 7) is 0. The Labute approximate surface area is 101 Å². The fourth-order valence-electron chi connectivity index (χ4n) is 1.04. The van der Waals surface area contributed by atoms with Crippen molar-refractivity contribution in [3.63, 3.8) is 0 Å². The van der Waals surface area contributed by atoms with Crippen molar-refractivity contribution in [3.8, 4) is 0 Å². The standard InChI is InChI=1S/C7H14N6O5/c8-6(17)12(10)3(5(15)16)1-2-4(14)13(11)7(9)18/h3H,1-2,10-11H2,(H2,8,17)(H2,9,18)(H,15,16)/t3-/m1/s1. The number of imide groups is 1. The second kappa shape index (κ2) is 6.36. The lowest BCUT2D eigenvalue weighted by Crippen LogP contribution is -2.53. The smallest absolute Gasteiger partial charge is 0.336 e. The van der Waals surface area contributed by atoms with Crippen LogP contribution in [0.2, 0.25) is 0 Å². The number of nitrogens with two attached hydrogens (primary N) is 4. The molecule has 0 aliphatic rings. The molecular formula is C7H14N6O5. The third-order valence-electron chi connectivity index (χ3n) is 2.01. The number of carbonyl (C=O) groups is 4. The SMILES string of the molecule is NC(=O)N(N)C(=O)CC[C@H](C(=O)O)N(N)C(N)=O. The predicted octanol–water partition coefficient (Wildman–Crippen LogP) is -2.74. The van der Waals surface area contributed by atoms with Crippen molar-refractivity contribution >= 4 is 23.9 Å². The highest BCUT2D eigenvalue weighted by Gasteiger charge is 2.27. The van der Waals surface area contributed by atoms with Crippen LogP contribution in [-0.4, -0.2) is 45.1 Å². The lowest BCUT2D eigenvalue weighted by atomic mass is 10.1. The first-order valence-corrected chi connectivity index (χ1v) is 4.61. The van der Waals surface area contributed by atoms with Crippen molar-refractivity contribution in [1.82, 2.24) is 10.0 Å². The van der Waals surface area contributed by atoms with Crippen LogP contribution in [0.4, 0.5) is 9.59 Å². The third kappa shape index (κ3) is 4.23. The van der Waals surface area contributed by atoms with Crippen LogP contribution in [0.1, 0.15) is 12.8 Å². The van der Waals surface area contributed by atoms with Crippen LogP contribution in [-0.2, 0) is 9.59 Å². The number of aliphatic carboxylic acids is 1. The minimum absolute atomic E-state index is 0.129. The normalized spacial score (nSPS) is 11.4. The van der Waals surface area contributed by atoms with Crippen LogP contribution in [0.3, 0.4) is 0 Å². The Bertz CT molecular complexity index is 371. The molecule has 0 radical (unpaired) electrons. The molecule has 102 valence electrons. The number of amides is 5. The van der Waals surface area contributed by atoms with Crippen LogP contribution in [0.5, 0.6) is 0 Å². The molecule has 0 spiro atoms. The fourth-order valence-corrected chi connectivity index (χ4v) is 1.04. The van der Waals surface area contributed by atoms with E-state index in [2.05, 4.69) is 0 Å². The number of carboxylic acid groups (broad SMARTS) is 1. The summed E-state index contributed by atoms with van der Waals surface area (Å²) < 4.78 is 0. The first-order valence-electron chi connectivity index (χ1n) is 4.61. The summed E-state index contributed by atoms with van der Waals surface area (Å²) in [4.78, 5) is 43.3. The molecule has 0 aliphatic heterocycles. The zero-order valence-electron chi connectivity index (χ0n) is 9.28.